The summed E-state index contributed by atoms with van der Waals surface area (Å²) in [7, 11) is 0. The molecule has 2 N–H and O–H groups in total. The zero-order chi connectivity index (χ0) is 25.6. The molecule has 0 bridgehead atoms. The second kappa shape index (κ2) is 8.79. The molecule has 1 aliphatic heterocycles. The number of anilines is 4. The molecule has 4 aromatic rings. The first-order valence-corrected chi connectivity index (χ1v) is 11.2. The van der Waals surface area contributed by atoms with Crippen molar-refractivity contribution in [2.24, 2.45) is 0 Å². The molecule has 0 fully saturated rings. The van der Waals surface area contributed by atoms with E-state index in [-0.39, 0.29) is 34.1 Å². The van der Waals surface area contributed by atoms with E-state index in [1.54, 1.807) is 54.6 Å². The van der Waals surface area contributed by atoms with Gasteiger partial charge in [0.2, 0.25) is 5.91 Å². The molecule has 3 amide bonds. The maximum atomic E-state index is 13.5. The first-order chi connectivity index (χ1) is 17.3. The van der Waals surface area contributed by atoms with Crippen molar-refractivity contribution < 1.29 is 19.3 Å². The van der Waals surface area contributed by atoms with E-state index >= 15 is 0 Å². The van der Waals surface area contributed by atoms with E-state index in [9.17, 15) is 24.5 Å². The van der Waals surface area contributed by atoms with E-state index in [0.29, 0.717) is 27.2 Å². The molecular weight excluding hydrogens is 484 g/mol. The first kappa shape index (κ1) is 23.0. The minimum atomic E-state index is -0.691. The van der Waals surface area contributed by atoms with Crippen LogP contribution in [-0.4, -0.2) is 22.6 Å². The van der Waals surface area contributed by atoms with Crippen molar-refractivity contribution in [1.29, 1.82) is 0 Å². The number of nitrogens with zero attached hydrogens (tertiary/aromatic N) is 2. The number of rotatable bonds is 5. The van der Waals surface area contributed by atoms with Crippen LogP contribution in [0.25, 0.3) is 10.8 Å². The van der Waals surface area contributed by atoms with E-state index < -0.39 is 16.7 Å². The predicted molar refractivity (Wildman–Crippen MR) is 137 cm³/mol. The Morgan fingerprint density at radius 2 is 1.64 bits per heavy atom. The number of nitro groups is 1. The van der Waals surface area contributed by atoms with E-state index in [4.69, 9.17) is 11.6 Å². The van der Waals surface area contributed by atoms with Crippen molar-refractivity contribution in [3.05, 3.63) is 99.1 Å². The summed E-state index contributed by atoms with van der Waals surface area (Å²) in [4.78, 5) is 50.8. The van der Waals surface area contributed by atoms with Gasteiger partial charge in [-0.2, -0.15) is 0 Å². The molecule has 36 heavy (non-hydrogen) atoms. The van der Waals surface area contributed by atoms with Gasteiger partial charge in [0.25, 0.3) is 17.5 Å². The molecule has 0 unspecified atom stereocenters. The summed E-state index contributed by atoms with van der Waals surface area (Å²) in [5.74, 6) is -1.52. The number of para-hydroxylation sites is 1. The molecule has 0 saturated heterocycles. The van der Waals surface area contributed by atoms with E-state index in [0.717, 1.165) is 4.90 Å². The van der Waals surface area contributed by atoms with Crippen LogP contribution < -0.4 is 15.5 Å². The fourth-order valence-corrected chi connectivity index (χ4v) is 4.44. The normalized spacial score (nSPS) is 12.6. The van der Waals surface area contributed by atoms with Gasteiger partial charge in [-0.1, -0.05) is 35.9 Å². The topological polar surface area (TPSA) is 122 Å². The van der Waals surface area contributed by atoms with Gasteiger partial charge in [-0.15, -0.1) is 0 Å². The summed E-state index contributed by atoms with van der Waals surface area (Å²) in [6.07, 6.45) is 0. The maximum absolute atomic E-state index is 13.5. The highest BCUT2D eigenvalue weighted by molar-refractivity contribution is 6.37. The van der Waals surface area contributed by atoms with E-state index in [1.165, 1.54) is 25.1 Å². The quantitative estimate of drug-likeness (QED) is 0.200. The number of halogens is 1. The lowest BCUT2D eigenvalue weighted by Gasteiger charge is -2.28. The summed E-state index contributed by atoms with van der Waals surface area (Å²) in [5.41, 5.74) is 1.25. The molecule has 0 saturated carbocycles. The summed E-state index contributed by atoms with van der Waals surface area (Å²) >= 11 is 6.26. The Bertz CT molecular complexity index is 1600. The Hall–Kier alpha value is -4.76. The van der Waals surface area contributed by atoms with Gasteiger partial charge >= 0.3 is 0 Å². The summed E-state index contributed by atoms with van der Waals surface area (Å²) in [6.45, 7) is 1.37. The minimum Gasteiger partial charge on any atom is -0.348 e. The molecule has 4 aromatic carbocycles. The lowest BCUT2D eigenvalue weighted by Crippen LogP contribution is -2.40. The van der Waals surface area contributed by atoms with Gasteiger partial charge in [-0.3, -0.25) is 24.5 Å². The highest BCUT2D eigenvalue weighted by atomic mass is 35.5. The monoisotopic (exact) mass is 500 g/mol. The van der Waals surface area contributed by atoms with Gasteiger partial charge in [0.05, 0.1) is 26.9 Å². The Morgan fingerprint density at radius 3 is 2.31 bits per heavy atom. The van der Waals surface area contributed by atoms with Crippen LogP contribution in [0.3, 0.4) is 0 Å². The molecule has 0 aromatic heterocycles. The predicted octanol–water partition coefficient (Wildman–Crippen LogP) is 5.90. The van der Waals surface area contributed by atoms with Crippen LogP contribution in [0.15, 0.2) is 72.8 Å². The highest BCUT2D eigenvalue weighted by Gasteiger charge is 2.37. The molecule has 178 valence electrons. The number of nitrogens with one attached hydrogen (secondary N) is 2. The number of benzene rings is 4. The number of imide groups is 1. The zero-order valence-electron chi connectivity index (χ0n) is 18.7. The van der Waals surface area contributed by atoms with Gasteiger partial charge in [0.15, 0.2) is 0 Å². The van der Waals surface area contributed by atoms with Gasteiger partial charge in [-0.05, 0) is 42.5 Å². The maximum Gasteiger partial charge on any atom is 0.294 e. The van der Waals surface area contributed by atoms with Gasteiger partial charge < -0.3 is 10.6 Å². The SMILES string of the molecule is CC(=O)Nc1ccc(N2C(=O)c3cccc4c(Nc5ccccc5Cl)c([N+](=O)[O-])cc(c34)C2=O)cc1. The fraction of sp³-hybridized carbons (Fsp3) is 0.0385. The van der Waals surface area contributed by atoms with Crippen LogP contribution in [0.4, 0.5) is 28.4 Å². The van der Waals surface area contributed by atoms with E-state index in [2.05, 4.69) is 10.6 Å². The number of nitro benzene ring substituents is 1. The Kier molecular flexibility index (Phi) is 5.62. The molecule has 10 heteroatoms. The fourth-order valence-electron chi connectivity index (χ4n) is 4.25. The lowest BCUT2D eigenvalue weighted by atomic mass is 9.91. The molecular formula is C26H17ClN4O5. The van der Waals surface area contributed by atoms with Crippen molar-refractivity contribution >= 4 is 68.5 Å². The summed E-state index contributed by atoms with van der Waals surface area (Å²) < 4.78 is 0. The number of amides is 3. The second-order valence-electron chi connectivity index (χ2n) is 8.08. The van der Waals surface area contributed by atoms with Crippen molar-refractivity contribution in [3.63, 3.8) is 0 Å². The number of carbonyl (C=O) groups is 3. The molecule has 1 heterocycles. The smallest absolute Gasteiger partial charge is 0.294 e. The number of hydrogen-bond acceptors (Lipinski definition) is 6. The molecule has 0 atom stereocenters. The molecule has 0 radical (unpaired) electrons. The van der Waals surface area contributed by atoms with Gasteiger partial charge in [-0.25, -0.2) is 4.90 Å². The Labute approximate surface area is 209 Å². The minimum absolute atomic E-state index is 0.0301. The van der Waals surface area contributed by atoms with Crippen LogP contribution in [0, 0.1) is 10.1 Å². The van der Waals surface area contributed by atoms with Crippen LogP contribution in [0.1, 0.15) is 27.6 Å². The summed E-state index contributed by atoms with van der Waals surface area (Å²) in [6, 6.07) is 18.9. The third-order valence-electron chi connectivity index (χ3n) is 5.78. The average molecular weight is 501 g/mol. The van der Waals surface area contributed by atoms with E-state index in [1.807, 2.05) is 0 Å². The summed E-state index contributed by atoms with van der Waals surface area (Å²) in [5, 5.41) is 18.7. The zero-order valence-corrected chi connectivity index (χ0v) is 19.5. The molecule has 5 rings (SSSR count). The Balaban J connectivity index is 1.68. The molecule has 0 spiro atoms. The van der Waals surface area contributed by atoms with Crippen molar-refractivity contribution in [1.82, 2.24) is 0 Å². The van der Waals surface area contributed by atoms with Crippen molar-refractivity contribution in [2.45, 2.75) is 6.92 Å². The third-order valence-corrected chi connectivity index (χ3v) is 6.11. The van der Waals surface area contributed by atoms with Crippen molar-refractivity contribution in [3.8, 4) is 0 Å². The number of hydrogen-bond donors (Lipinski definition) is 2. The molecule has 0 aliphatic carbocycles. The lowest BCUT2D eigenvalue weighted by molar-refractivity contribution is -0.383. The molecule has 9 nitrogen and oxygen atoms in total. The van der Waals surface area contributed by atoms with Crippen LogP contribution in [0.5, 0.6) is 0 Å². The van der Waals surface area contributed by atoms with Crippen LogP contribution in [0.2, 0.25) is 5.02 Å². The second-order valence-corrected chi connectivity index (χ2v) is 8.49. The average Bonchev–Trinajstić information content (AvgIpc) is 2.85. The molecule has 1 aliphatic rings. The van der Waals surface area contributed by atoms with Gasteiger partial charge in [0, 0.05) is 35.0 Å². The van der Waals surface area contributed by atoms with Gasteiger partial charge in [0.1, 0.15) is 5.69 Å². The highest BCUT2D eigenvalue weighted by Crippen LogP contribution is 2.43. The Morgan fingerprint density at radius 1 is 0.944 bits per heavy atom. The standard InChI is InChI=1S/C26H17ClN4O5/c1-14(32)28-15-9-11-16(12-10-15)30-25(33)18-6-4-5-17-23(18)19(26(30)34)13-22(31(35)36)24(17)29-21-8-3-2-7-20(21)27/h2-13,29H,1H3,(H,28,32). The first-order valence-electron chi connectivity index (χ1n) is 10.8. The van der Waals surface area contributed by atoms with Crippen molar-refractivity contribution in [2.75, 3.05) is 15.5 Å². The van der Waals surface area contributed by atoms with Crippen LogP contribution in [-0.2, 0) is 4.79 Å². The third kappa shape index (κ3) is 3.81. The van der Waals surface area contributed by atoms with Crippen LogP contribution >= 0.6 is 11.6 Å². The number of carbonyl (C=O) groups excluding carboxylic acids is 3. The largest absolute Gasteiger partial charge is 0.348 e.